The smallest absolute Gasteiger partial charge is 0.225 e. The number of carbonyl (C=O) groups excluding carboxylic acids is 1. The molecule has 1 amide bonds. The lowest BCUT2D eigenvalue weighted by molar-refractivity contribution is -0.135. The van der Waals surface area contributed by atoms with Crippen LogP contribution in [0.5, 0.6) is 5.75 Å². The molecule has 7 heteroatoms. The number of hydrogen-bond acceptors (Lipinski definition) is 4. The average molecular weight is 622 g/mol. The summed E-state index contributed by atoms with van der Waals surface area (Å²) in [6.45, 7) is 7.96. The molecule has 4 rings (SSSR count). The van der Waals surface area contributed by atoms with Gasteiger partial charge in [0.15, 0.2) is 0 Å². The summed E-state index contributed by atoms with van der Waals surface area (Å²) >= 11 is 2.34. The van der Waals surface area contributed by atoms with Crippen molar-refractivity contribution in [1.82, 2.24) is 4.90 Å². The third-order valence-electron chi connectivity index (χ3n) is 8.49. The van der Waals surface area contributed by atoms with Crippen molar-refractivity contribution in [3.8, 4) is 5.75 Å². The van der Waals surface area contributed by atoms with E-state index >= 15 is 0 Å². The molecule has 0 saturated carbocycles. The maximum Gasteiger partial charge on any atom is 0.225 e. The molecule has 5 atom stereocenters. The van der Waals surface area contributed by atoms with Crippen LogP contribution < -0.4 is 9.92 Å². The topological polar surface area (TPSA) is 59.0 Å². The number of carbonyl (C=O) groups is 1. The van der Waals surface area contributed by atoms with Crippen molar-refractivity contribution in [2.24, 2.45) is 5.92 Å². The molecule has 1 N–H and O–H groups in total. The fraction of sp³-hybridized carbons (Fsp3) is 0.552. The summed E-state index contributed by atoms with van der Waals surface area (Å²) < 4.78 is 13.4. The maximum absolute atomic E-state index is 13.4. The molecule has 0 radical (unpaired) electrons. The van der Waals surface area contributed by atoms with Gasteiger partial charge in [0.2, 0.25) is 5.91 Å². The van der Waals surface area contributed by atoms with Crippen molar-refractivity contribution in [2.75, 3.05) is 20.3 Å². The summed E-state index contributed by atoms with van der Waals surface area (Å²) in [5.41, 5.74) is 1.66. The van der Waals surface area contributed by atoms with Crippen molar-refractivity contribution in [1.29, 1.82) is 0 Å². The van der Waals surface area contributed by atoms with Gasteiger partial charge < -0.3 is 19.5 Å². The SMILES string of the molecule is COc1ccc([Si](C)(C)[C@H]2[C@H](C)[C@H](CCc3ccc(I)cc3)O[C@@H]2CC(=O)N2CCC[C@H]2CO)cc1. The first-order valence-corrected chi connectivity index (χ1v) is 17.3. The summed E-state index contributed by atoms with van der Waals surface area (Å²) in [6.07, 6.45) is 4.22. The molecule has 2 heterocycles. The van der Waals surface area contributed by atoms with E-state index in [1.807, 2.05) is 4.90 Å². The number of nitrogens with zero attached hydrogens (tertiary/aromatic N) is 1. The molecule has 2 aromatic carbocycles. The first-order chi connectivity index (χ1) is 17.2. The molecule has 0 bridgehead atoms. The number of hydrogen-bond donors (Lipinski definition) is 1. The lowest BCUT2D eigenvalue weighted by Crippen LogP contribution is -2.51. The molecule has 5 nitrogen and oxygen atoms in total. The van der Waals surface area contributed by atoms with Crippen LogP contribution in [0.15, 0.2) is 48.5 Å². The van der Waals surface area contributed by atoms with Gasteiger partial charge in [-0.2, -0.15) is 0 Å². The highest BCUT2D eigenvalue weighted by Gasteiger charge is 2.51. The van der Waals surface area contributed by atoms with E-state index in [1.165, 1.54) is 14.3 Å². The predicted molar refractivity (Wildman–Crippen MR) is 156 cm³/mol. The van der Waals surface area contributed by atoms with Crippen LogP contribution in [0.2, 0.25) is 18.6 Å². The molecule has 2 aromatic rings. The zero-order chi connectivity index (χ0) is 25.9. The van der Waals surface area contributed by atoms with Gasteiger partial charge in [0.1, 0.15) is 5.75 Å². The minimum absolute atomic E-state index is 0.0432. The molecule has 2 aliphatic rings. The first-order valence-electron chi connectivity index (χ1n) is 13.2. The molecule has 2 fully saturated rings. The third kappa shape index (κ3) is 6.00. The number of rotatable bonds is 9. The van der Waals surface area contributed by atoms with Gasteiger partial charge in [-0.3, -0.25) is 4.79 Å². The van der Waals surface area contributed by atoms with E-state index in [2.05, 4.69) is 91.1 Å². The van der Waals surface area contributed by atoms with Crippen LogP contribution >= 0.6 is 22.6 Å². The maximum atomic E-state index is 13.4. The number of aryl methyl sites for hydroxylation is 1. The molecule has 0 unspecified atom stereocenters. The van der Waals surface area contributed by atoms with E-state index in [9.17, 15) is 9.90 Å². The van der Waals surface area contributed by atoms with E-state index in [4.69, 9.17) is 9.47 Å². The van der Waals surface area contributed by atoms with Crippen LogP contribution in [0.25, 0.3) is 0 Å². The highest BCUT2D eigenvalue weighted by molar-refractivity contribution is 14.1. The molecule has 0 spiro atoms. The Morgan fingerprint density at radius 3 is 2.47 bits per heavy atom. The second kappa shape index (κ2) is 12.0. The number of aliphatic hydroxyl groups is 1. The van der Waals surface area contributed by atoms with Crippen molar-refractivity contribution < 1.29 is 19.4 Å². The molecule has 196 valence electrons. The van der Waals surface area contributed by atoms with Gasteiger partial charge in [-0.05, 0) is 89.6 Å². The van der Waals surface area contributed by atoms with Crippen LogP contribution in [-0.4, -0.2) is 62.5 Å². The molecule has 0 aliphatic carbocycles. The lowest BCUT2D eigenvalue weighted by atomic mass is 9.95. The Hall–Kier alpha value is -1.42. The molecule has 2 aliphatic heterocycles. The molecule has 0 aromatic heterocycles. The average Bonchev–Trinajstić information content (AvgIpc) is 3.48. The first kappa shape index (κ1) is 27.6. The number of benzene rings is 2. The Bertz CT molecular complexity index is 1010. The van der Waals surface area contributed by atoms with Gasteiger partial charge >= 0.3 is 0 Å². The molecular formula is C29H40INO4Si. The monoisotopic (exact) mass is 621 g/mol. The highest BCUT2D eigenvalue weighted by Crippen LogP contribution is 2.46. The number of amides is 1. The van der Waals surface area contributed by atoms with E-state index in [0.717, 1.165) is 38.0 Å². The van der Waals surface area contributed by atoms with Crippen LogP contribution in [0.1, 0.15) is 38.2 Å². The summed E-state index contributed by atoms with van der Waals surface area (Å²) in [4.78, 5) is 15.3. The summed E-state index contributed by atoms with van der Waals surface area (Å²) in [5, 5.41) is 11.1. The van der Waals surface area contributed by atoms with Crippen LogP contribution in [0.4, 0.5) is 0 Å². The van der Waals surface area contributed by atoms with E-state index in [0.29, 0.717) is 17.9 Å². The normalized spacial score (nSPS) is 26.4. The Kier molecular flexibility index (Phi) is 9.17. The lowest BCUT2D eigenvalue weighted by Gasteiger charge is -2.36. The van der Waals surface area contributed by atoms with Crippen LogP contribution in [-0.2, 0) is 16.0 Å². The molecule has 2 saturated heterocycles. The molecule has 36 heavy (non-hydrogen) atoms. The fourth-order valence-electron chi connectivity index (χ4n) is 6.45. The third-order valence-corrected chi connectivity index (χ3v) is 13.6. The van der Waals surface area contributed by atoms with E-state index < -0.39 is 8.07 Å². The number of halogens is 1. The van der Waals surface area contributed by atoms with E-state index in [-0.39, 0.29) is 30.8 Å². The van der Waals surface area contributed by atoms with Gasteiger partial charge in [-0.1, -0.05) is 49.5 Å². The summed E-state index contributed by atoms with van der Waals surface area (Å²) in [7, 11) is -0.302. The second-order valence-electron chi connectivity index (χ2n) is 11.0. The van der Waals surface area contributed by atoms with Crippen molar-refractivity contribution >= 4 is 41.8 Å². The second-order valence-corrected chi connectivity index (χ2v) is 16.9. The Morgan fingerprint density at radius 2 is 1.83 bits per heavy atom. The zero-order valence-corrected chi connectivity index (χ0v) is 25.1. The van der Waals surface area contributed by atoms with E-state index in [1.54, 1.807) is 7.11 Å². The highest BCUT2D eigenvalue weighted by atomic mass is 127. The van der Waals surface area contributed by atoms with Crippen LogP contribution in [0, 0.1) is 9.49 Å². The zero-order valence-electron chi connectivity index (χ0n) is 22.0. The Balaban J connectivity index is 1.56. The fourth-order valence-corrected chi connectivity index (χ4v) is 10.9. The predicted octanol–water partition coefficient (Wildman–Crippen LogP) is 5.00. The number of aliphatic hydroxyl groups excluding tert-OH is 1. The minimum Gasteiger partial charge on any atom is -0.497 e. The minimum atomic E-state index is -2.00. The van der Waals surface area contributed by atoms with Crippen molar-refractivity contribution in [3.63, 3.8) is 0 Å². The van der Waals surface area contributed by atoms with Gasteiger partial charge in [0.25, 0.3) is 0 Å². The summed E-state index contributed by atoms with van der Waals surface area (Å²) in [5.74, 6) is 1.36. The molecular weight excluding hydrogens is 581 g/mol. The van der Waals surface area contributed by atoms with Crippen LogP contribution in [0.3, 0.4) is 0 Å². The number of likely N-dealkylation sites (tertiary alicyclic amines) is 1. The standard InChI is InChI=1S/C29H40INO4Si/c1-20-26(16-9-21-7-10-22(30)11-8-21)35-27(18-28(33)31-17-5-6-23(31)19-32)29(20)36(3,4)25-14-12-24(34-2)13-15-25/h7-8,10-15,20,23,26-27,29,32H,5-6,9,16-19H2,1-4H3/t20-,23+,26+,27-,29+/m1/s1. The Labute approximate surface area is 230 Å². The quantitative estimate of drug-likeness (QED) is 0.317. The van der Waals surface area contributed by atoms with Crippen molar-refractivity contribution in [3.05, 3.63) is 57.7 Å². The van der Waals surface area contributed by atoms with Gasteiger partial charge in [0, 0.05) is 10.1 Å². The van der Waals surface area contributed by atoms with Crippen molar-refractivity contribution in [2.45, 2.75) is 75.9 Å². The summed E-state index contributed by atoms with van der Waals surface area (Å²) in [6, 6.07) is 17.2. The largest absolute Gasteiger partial charge is 0.497 e. The van der Waals surface area contributed by atoms with Gasteiger partial charge in [-0.15, -0.1) is 0 Å². The van der Waals surface area contributed by atoms with Gasteiger partial charge in [-0.25, -0.2) is 0 Å². The van der Waals surface area contributed by atoms with Gasteiger partial charge in [0.05, 0.1) is 46.5 Å². The number of methoxy groups -OCH3 is 1. The number of ether oxygens (including phenoxy) is 2. The Morgan fingerprint density at radius 1 is 1.14 bits per heavy atom.